The fourth-order valence-corrected chi connectivity index (χ4v) is 3.11. The Labute approximate surface area is 150 Å². The fraction of sp³-hybridized carbons (Fsp3) is 0.412. The van der Waals surface area contributed by atoms with Crippen LogP contribution in [0.4, 0.5) is 0 Å². The molecule has 1 aromatic heterocycles. The number of aliphatic hydroxyl groups excluding tert-OH is 1. The van der Waals surface area contributed by atoms with Gasteiger partial charge in [-0.2, -0.15) is 5.10 Å². The van der Waals surface area contributed by atoms with Crippen molar-refractivity contribution in [2.75, 3.05) is 13.2 Å². The Hall–Kier alpha value is -2.09. The van der Waals surface area contributed by atoms with Gasteiger partial charge >= 0.3 is 0 Å². The van der Waals surface area contributed by atoms with Gasteiger partial charge in [-0.15, -0.1) is 0 Å². The normalized spacial score (nSPS) is 15.6. The van der Waals surface area contributed by atoms with Gasteiger partial charge in [-0.05, 0) is 30.7 Å². The number of nitrogens with two attached hydrogens (primary N) is 1. The van der Waals surface area contributed by atoms with E-state index in [1.54, 1.807) is 13.0 Å². The molecular weight excluding hydrogens is 344 g/mol. The summed E-state index contributed by atoms with van der Waals surface area (Å²) in [5.74, 6) is -0.0934. The van der Waals surface area contributed by atoms with Crippen LogP contribution in [0.15, 0.2) is 24.3 Å². The van der Waals surface area contributed by atoms with Crippen LogP contribution in [-0.2, 0) is 24.4 Å². The van der Waals surface area contributed by atoms with Crippen LogP contribution in [0.5, 0.6) is 5.75 Å². The van der Waals surface area contributed by atoms with Crippen molar-refractivity contribution in [3.8, 4) is 5.75 Å². The lowest BCUT2D eigenvalue weighted by atomic mass is 10.1. The zero-order valence-corrected chi connectivity index (χ0v) is 14.7. The lowest BCUT2D eigenvalue weighted by Crippen LogP contribution is -2.33. The third-order valence-electron chi connectivity index (χ3n) is 4.10. The van der Waals surface area contributed by atoms with Gasteiger partial charge in [-0.3, -0.25) is 14.4 Å². The van der Waals surface area contributed by atoms with Crippen LogP contribution in [-0.4, -0.2) is 38.8 Å². The zero-order valence-electron chi connectivity index (χ0n) is 14.0. The Bertz CT molecular complexity index is 775. The number of primary amides is 1. The second-order valence-electron chi connectivity index (χ2n) is 6.19. The first-order chi connectivity index (χ1) is 11.9. The number of carbonyl (C=O) groups is 1. The summed E-state index contributed by atoms with van der Waals surface area (Å²) in [6.07, 6.45) is -0.557. The summed E-state index contributed by atoms with van der Waals surface area (Å²) in [4.78, 5) is 13.1. The van der Waals surface area contributed by atoms with Crippen molar-refractivity contribution in [3.63, 3.8) is 0 Å². The Morgan fingerprint density at radius 2 is 2.24 bits per heavy atom. The minimum atomic E-state index is -0.557. The van der Waals surface area contributed by atoms with Crippen LogP contribution in [0.3, 0.4) is 0 Å². The van der Waals surface area contributed by atoms with E-state index < -0.39 is 12.0 Å². The maximum absolute atomic E-state index is 10.8. The standard InChI is InChI=1S/C17H21ClN4O3/c1-11(23)15-7-13-9-21(4-5-22(13)20-15)8-12-2-3-16(14(18)6-12)25-10-17(19)24/h2-3,6-7,11,23H,4-5,8-10H2,1H3,(H2,19,24). The van der Waals surface area contributed by atoms with Crippen LogP contribution in [0, 0.1) is 0 Å². The second kappa shape index (κ2) is 7.43. The van der Waals surface area contributed by atoms with E-state index in [-0.39, 0.29) is 6.61 Å². The minimum Gasteiger partial charge on any atom is -0.482 e. The summed E-state index contributed by atoms with van der Waals surface area (Å²) >= 11 is 6.21. The number of benzene rings is 1. The number of halogens is 1. The fourth-order valence-electron chi connectivity index (χ4n) is 2.85. The summed E-state index contributed by atoms with van der Waals surface area (Å²) in [7, 11) is 0. The Morgan fingerprint density at radius 3 is 2.92 bits per heavy atom. The van der Waals surface area contributed by atoms with Gasteiger partial charge < -0.3 is 15.6 Å². The molecule has 1 atom stereocenters. The summed E-state index contributed by atoms with van der Waals surface area (Å²) < 4.78 is 7.21. The van der Waals surface area contributed by atoms with Crippen molar-refractivity contribution < 1.29 is 14.6 Å². The van der Waals surface area contributed by atoms with Crippen LogP contribution in [0.1, 0.15) is 30.0 Å². The van der Waals surface area contributed by atoms with Crippen molar-refractivity contribution in [1.29, 1.82) is 0 Å². The second-order valence-corrected chi connectivity index (χ2v) is 6.60. The van der Waals surface area contributed by atoms with E-state index in [2.05, 4.69) is 10.00 Å². The van der Waals surface area contributed by atoms with Gasteiger partial charge in [0.1, 0.15) is 5.75 Å². The molecule has 2 heterocycles. The highest BCUT2D eigenvalue weighted by molar-refractivity contribution is 6.32. The molecule has 0 radical (unpaired) electrons. The molecule has 0 bridgehead atoms. The molecule has 0 spiro atoms. The lowest BCUT2D eigenvalue weighted by Gasteiger charge is -2.27. The van der Waals surface area contributed by atoms with Gasteiger partial charge in [0.25, 0.3) is 5.91 Å². The van der Waals surface area contributed by atoms with E-state index in [0.29, 0.717) is 16.5 Å². The first kappa shape index (κ1) is 17.7. The lowest BCUT2D eigenvalue weighted by molar-refractivity contribution is -0.119. The number of ether oxygens (including phenoxy) is 1. The number of nitrogens with zero attached hydrogens (tertiary/aromatic N) is 3. The van der Waals surface area contributed by atoms with Crippen LogP contribution in [0.2, 0.25) is 5.02 Å². The molecule has 1 unspecified atom stereocenters. The molecule has 25 heavy (non-hydrogen) atoms. The molecule has 3 N–H and O–H groups in total. The Kier molecular flexibility index (Phi) is 5.27. The molecule has 1 aliphatic heterocycles. The van der Waals surface area contributed by atoms with Crippen molar-refractivity contribution in [1.82, 2.24) is 14.7 Å². The summed E-state index contributed by atoms with van der Waals surface area (Å²) in [5.41, 5.74) is 7.92. The highest BCUT2D eigenvalue weighted by atomic mass is 35.5. The number of amides is 1. The smallest absolute Gasteiger partial charge is 0.255 e. The first-order valence-corrected chi connectivity index (χ1v) is 8.46. The summed E-state index contributed by atoms with van der Waals surface area (Å²) in [6, 6.07) is 7.46. The van der Waals surface area contributed by atoms with Crippen LogP contribution >= 0.6 is 11.6 Å². The van der Waals surface area contributed by atoms with E-state index in [0.717, 1.165) is 37.4 Å². The average molecular weight is 365 g/mol. The molecule has 134 valence electrons. The summed E-state index contributed by atoms with van der Waals surface area (Å²) in [5, 5.41) is 14.5. The molecule has 3 rings (SSSR count). The third-order valence-corrected chi connectivity index (χ3v) is 4.39. The van der Waals surface area contributed by atoms with Gasteiger partial charge in [0, 0.05) is 19.6 Å². The molecule has 1 aromatic carbocycles. The predicted octanol–water partition coefficient (Wildman–Crippen LogP) is 1.47. The maximum atomic E-state index is 10.8. The third kappa shape index (κ3) is 4.31. The number of hydrogen-bond acceptors (Lipinski definition) is 5. The van der Waals surface area contributed by atoms with Crippen molar-refractivity contribution >= 4 is 17.5 Å². The Morgan fingerprint density at radius 1 is 1.44 bits per heavy atom. The molecule has 7 nitrogen and oxygen atoms in total. The minimum absolute atomic E-state index is 0.194. The summed E-state index contributed by atoms with van der Waals surface area (Å²) in [6.45, 7) is 4.68. The average Bonchev–Trinajstić information content (AvgIpc) is 2.97. The molecular formula is C17H21ClN4O3. The van der Waals surface area contributed by atoms with Crippen LogP contribution in [0.25, 0.3) is 0 Å². The van der Waals surface area contributed by atoms with E-state index in [4.69, 9.17) is 22.1 Å². The molecule has 1 aliphatic rings. The number of aromatic nitrogens is 2. The SMILES string of the molecule is CC(O)c1cc2n(n1)CCN(Cc1ccc(OCC(N)=O)c(Cl)c1)C2. The molecule has 8 heteroatoms. The number of aliphatic hydroxyl groups is 1. The van der Waals surface area contributed by atoms with E-state index >= 15 is 0 Å². The van der Waals surface area contributed by atoms with Crippen molar-refractivity contribution in [2.45, 2.75) is 32.7 Å². The van der Waals surface area contributed by atoms with Crippen molar-refractivity contribution in [2.24, 2.45) is 5.73 Å². The molecule has 0 aliphatic carbocycles. The van der Waals surface area contributed by atoms with Gasteiger partial charge in [-0.1, -0.05) is 17.7 Å². The largest absolute Gasteiger partial charge is 0.482 e. The quantitative estimate of drug-likeness (QED) is 0.809. The van der Waals surface area contributed by atoms with Crippen molar-refractivity contribution in [3.05, 3.63) is 46.2 Å². The molecule has 2 aromatic rings. The predicted molar refractivity (Wildman–Crippen MR) is 93.1 cm³/mol. The topological polar surface area (TPSA) is 93.6 Å². The maximum Gasteiger partial charge on any atom is 0.255 e. The molecule has 0 fully saturated rings. The highest BCUT2D eigenvalue weighted by Crippen LogP contribution is 2.27. The number of rotatable bonds is 6. The van der Waals surface area contributed by atoms with Gasteiger partial charge in [-0.25, -0.2) is 0 Å². The van der Waals surface area contributed by atoms with E-state index in [1.165, 1.54) is 0 Å². The van der Waals surface area contributed by atoms with Crippen LogP contribution < -0.4 is 10.5 Å². The molecule has 0 saturated heterocycles. The Balaban J connectivity index is 1.64. The van der Waals surface area contributed by atoms with E-state index in [1.807, 2.05) is 22.9 Å². The first-order valence-electron chi connectivity index (χ1n) is 8.09. The number of carbonyl (C=O) groups excluding carboxylic acids is 1. The van der Waals surface area contributed by atoms with Gasteiger partial charge in [0.2, 0.25) is 0 Å². The molecule has 0 saturated carbocycles. The monoisotopic (exact) mass is 364 g/mol. The zero-order chi connectivity index (χ0) is 18.0. The molecule has 1 amide bonds. The van der Waals surface area contributed by atoms with Gasteiger partial charge in [0.05, 0.1) is 29.1 Å². The van der Waals surface area contributed by atoms with Gasteiger partial charge in [0.15, 0.2) is 6.61 Å². The number of hydrogen-bond donors (Lipinski definition) is 2. The highest BCUT2D eigenvalue weighted by Gasteiger charge is 2.20. The number of fused-ring (bicyclic) bond motifs is 1. The van der Waals surface area contributed by atoms with E-state index in [9.17, 15) is 9.90 Å².